The molecule has 3 unspecified atom stereocenters. The van der Waals surface area contributed by atoms with Crippen molar-refractivity contribution in [3.05, 3.63) is 17.5 Å². The van der Waals surface area contributed by atoms with Gasteiger partial charge in [-0.25, -0.2) is 0 Å². The molecular formula is C19H29F3N4O2. The summed E-state index contributed by atoms with van der Waals surface area (Å²) in [5.74, 6) is -2.00. The van der Waals surface area contributed by atoms with Crippen LogP contribution in [0.4, 0.5) is 13.2 Å². The van der Waals surface area contributed by atoms with E-state index >= 15 is 0 Å². The van der Waals surface area contributed by atoms with E-state index in [1.54, 1.807) is 17.8 Å². The van der Waals surface area contributed by atoms with Gasteiger partial charge in [0.2, 0.25) is 5.91 Å². The molecule has 0 spiro atoms. The van der Waals surface area contributed by atoms with Crippen molar-refractivity contribution in [3.63, 3.8) is 0 Å². The van der Waals surface area contributed by atoms with E-state index < -0.39 is 24.4 Å². The van der Waals surface area contributed by atoms with Crippen LogP contribution in [-0.2, 0) is 11.3 Å². The lowest BCUT2D eigenvalue weighted by Gasteiger charge is -2.37. The molecule has 1 N–H and O–H groups in total. The van der Waals surface area contributed by atoms with Crippen LogP contribution in [-0.4, -0.2) is 52.3 Å². The number of likely N-dealkylation sites (tertiary alicyclic amines) is 1. The lowest BCUT2D eigenvalue weighted by molar-refractivity contribution is -0.177. The first-order valence-corrected chi connectivity index (χ1v) is 9.69. The third-order valence-corrected chi connectivity index (χ3v) is 5.51. The number of carbonyl (C=O) groups excluding carboxylic acids is 2. The number of nitrogens with one attached hydrogen (secondary N) is 1. The van der Waals surface area contributed by atoms with Crippen LogP contribution in [0.25, 0.3) is 0 Å². The Morgan fingerprint density at radius 1 is 1.39 bits per heavy atom. The van der Waals surface area contributed by atoms with Gasteiger partial charge in [0, 0.05) is 38.8 Å². The largest absolute Gasteiger partial charge is 0.392 e. The molecule has 1 aromatic rings. The molecule has 9 heteroatoms. The SMILES string of the molecule is CCn1cc(C(=O)NCC2CCN(C(=O)CC(C)C(F)(F)F)CC2C)c(C)n1. The normalized spacial score (nSPS) is 21.5. The summed E-state index contributed by atoms with van der Waals surface area (Å²) < 4.78 is 39.7. The summed E-state index contributed by atoms with van der Waals surface area (Å²) in [5, 5.41) is 7.19. The third kappa shape index (κ3) is 5.48. The van der Waals surface area contributed by atoms with Gasteiger partial charge in [-0.3, -0.25) is 14.3 Å². The number of hydrogen-bond acceptors (Lipinski definition) is 3. The van der Waals surface area contributed by atoms with Gasteiger partial charge in [-0.2, -0.15) is 18.3 Å². The molecular weight excluding hydrogens is 373 g/mol. The molecule has 0 aliphatic carbocycles. The van der Waals surface area contributed by atoms with Gasteiger partial charge in [-0.05, 0) is 32.1 Å². The molecule has 2 amide bonds. The summed E-state index contributed by atoms with van der Waals surface area (Å²) in [7, 11) is 0. The Morgan fingerprint density at radius 3 is 2.61 bits per heavy atom. The van der Waals surface area contributed by atoms with Gasteiger partial charge in [0.1, 0.15) is 0 Å². The number of alkyl halides is 3. The summed E-state index contributed by atoms with van der Waals surface area (Å²) >= 11 is 0. The number of rotatable bonds is 6. The Morgan fingerprint density at radius 2 is 2.07 bits per heavy atom. The van der Waals surface area contributed by atoms with E-state index in [1.165, 1.54) is 4.90 Å². The number of hydrogen-bond donors (Lipinski definition) is 1. The number of aryl methyl sites for hydroxylation is 2. The molecule has 1 aliphatic heterocycles. The Balaban J connectivity index is 1.84. The highest BCUT2D eigenvalue weighted by molar-refractivity contribution is 5.95. The topological polar surface area (TPSA) is 67.2 Å². The molecule has 0 aromatic carbocycles. The van der Waals surface area contributed by atoms with E-state index in [9.17, 15) is 22.8 Å². The molecule has 0 saturated carbocycles. The molecule has 158 valence electrons. The van der Waals surface area contributed by atoms with E-state index in [0.717, 1.165) is 6.92 Å². The zero-order valence-corrected chi connectivity index (χ0v) is 16.8. The number of piperidine rings is 1. The summed E-state index contributed by atoms with van der Waals surface area (Å²) in [4.78, 5) is 26.1. The van der Waals surface area contributed by atoms with E-state index in [-0.39, 0.29) is 17.7 Å². The highest BCUT2D eigenvalue weighted by atomic mass is 19.4. The molecule has 0 bridgehead atoms. The average molecular weight is 402 g/mol. The minimum atomic E-state index is -4.35. The van der Waals surface area contributed by atoms with E-state index in [1.807, 2.05) is 13.8 Å². The Bertz CT molecular complexity index is 702. The smallest absolute Gasteiger partial charge is 0.352 e. The van der Waals surface area contributed by atoms with Crippen LogP contribution in [0.5, 0.6) is 0 Å². The molecule has 3 atom stereocenters. The highest BCUT2D eigenvalue weighted by Crippen LogP contribution is 2.30. The Kier molecular flexibility index (Phi) is 7.11. The predicted molar refractivity (Wildman–Crippen MR) is 98.7 cm³/mol. The molecule has 1 aliphatic rings. The van der Waals surface area contributed by atoms with E-state index in [2.05, 4.69) is 10.4 Å². The zero-order chi connectivity index (χ0) is 21.1. The van der Waals surface area contributed by atoms with Crippen LogP contribution in [0.2, 0.25) is 0 Å². The summed E-state index contributed by atoms with van der Waals surface area (Å²) in [6, 6.07) is 0. The fourth-order valence-corrected chi connectivity index (χ4v) is 3.45. The molecule has 28 heavy (non-hydrogen) atoms. The maximum atomic E-state index is 12.7. The van der Waals surface area contributed by atoms with Crippen LogP contribution >= 0.6 is 0 Å². The zero-order valence-electron chi connectivity index (χ0n) is 16.8. The summed E-state index contributed by atoms with van der Waals surface area (Å²) in [6.07, 6.45) is -2.50. The summed E-state index contributed by atoms with van der Waals surface area (Å²) in [5.41, 5.74) is 1.22. The molecule has 0 radical (unpaired) electrons. The van der Waals surface area contributed by atoms with Crippen molar-refractivity contribution in [3.8, 4) is 0 Å². The molecule has 2 heterocycles. The first-order valence-electron chi connectivity index (χ1n) is 9.69. The number of aromatic nitrogens is 2. The monoisotopic (exact) mass is 402 g/mol. The van der Waals surface area contributed by atoms with Crippen LogP contribution < -0.4 is 5.32 Å². The molecule has 1 aromatic heterocycles. The Labute approximate surface area is 163 Å². The first-order chi connectivity index (χ1) is 13.0. The van der Waals surface area contributed by atoms with Crippen molar-refractivity contribution < 1.29 is 22.8 Å². The molecule has 2 rings (SSSR count). The maximum Gasteiger partial charge on any atom is 0.392 e. The second-order valence-corrected chi connectivity index (χ2v) is 7.71. The Hall–Kier alpha value is -2.06. The number of amides is 2. The van der Waals surface area contributed by atoms with Crippen molar-refractivity contribution in [1.82, 2.24) is 20.0 Å². The maximum absolute atomic E-state index is 12.7. The van der Waals surface area contributed by atoms with Gasteiger partial charge in [0.05, 0.1) is 17.2 Å². The van der Waals surface area contributed by atoms with Gasteiger partial charge >= 0.3 is 6.18 Å². The number of carbonyl (C=O) groups is 2. The van der Waals surface area contributed by atoms with Gasteiger partial charge in [-0.1, -0.05) is 13.8 Å². The van der Waals surface area contributed by atoms with Gasteiger partial charge in [0.25, 0.3) is 5.91 Å². The van der Waals surface area contributed by atoms with Crippen molar-refractivity contribution >= 4 is 11.8 Å². The lowest BCUT2D eigenvalue weighted by atomic mass is 9.86. The lowest BCUT2D eigenvalue weighted by Crippen LogP contribution is -2.46. The van der Waals surface area contributed by atoms with Crippen LogP contribution in [0, 0.1) is 24.7 Å². The predicted octanol–water partition coefficient (Wildman–Crippen LogP) is 3.01. The van der Waals surface area contributed by atoms with Crippen LogP contribution in [0.1, 0.15) is 49.7 Å². The number of nitrogens with zero attached hydrogens (tertiary/aromatic N) is 3. The summed E-state index contributed by atoms with van der Waals surface area (Å²) in [6.45, 7) is 8.71. The molecule has 1 saturated heterocycles. The third-order valence-electron chi connectivity index (χ3n) is 5.51. The second-order valence-electron chi connectivity index (χ2n) is 7.71. The fourth-order valence-electron chi connectivity index (χ4n) is 3.45. The van der Waals surface area contributed by atoms with Gasteiger partial charge < -0.3 is 10.2 Å². The van der Waals surface area contributed by atoms with Crippen molar-refractivity contribution in [2.75, 3.05) is 19.6 Å². The minimum absolute atomic E-state index is 0.0960. The van der Waals surface area contributed by atoms with E-state index in [4.69, 9.17) is 0 Å². The first kappa shape index (κ1) is 22.2. The van der Waals surface area contributed by atoms with Crippen molar-refractivity contribution in [1.29, 1.82) is 0 Å². The fraction of sp³-hybridized carbons (Fsp3) is 0.737. The molecule has 1 fully saturated rings. The average Bonchev–Trinajstić information content (AvgIpc) is 3.00. The standard InChI is InChI=1S/C19H29F3N4O2/c1-5-26-11-16(14(4)24-26)18(28)23-9-15-6-7-25(10-12(15)2)17(27)8-13(3)19(20,21)22/h11-13,15H,5-10H2,1-4H3,(H,23,28). The molecule has 6 nitrogen and oxygen atoms in total. The second kappa shape index (κ2) is 8.96. The van der Waals surface area contributed by atoms with Crippen molar-refractivity contribution in [2.24, 2.45) is 17.8 Å². The minimum Gasteiger partial charge on any atom is -0.352 e. The number of halogens is 3. The van der Waals surface area contributed by atoms with E-state index in [0.29, 0.717) is 43.9 Å². The van der Waals surface area contributed by atoms with Gasteiger partial charge in [0.15, 0.2) is 0 Å². The van der Waals surface area contributed by atoms with Gasteiger partial charge in [-0.15, -0.1) is 0 Å². The van der Waals surface area contributed by atoms with Crippen LogP contribution in [0.3, 0.4) is 0 Å². The highest BCUT2D eigenvalue weighted by Gasteiger charge is 2.39. The van der Waals surface area contributed by atoms with Crippen molar-refractivity contribution in [2.45, 2.75) is 53.3 Å². The van der Waals surface area contributed by atoms with Crippen LogP contribution in [0.15, 0.2) is 6.20 Å². The quantitative estimate of drug-likeness (QED) is 0.795.